The van der Waals surface area contributed by atoms with Gasteiger partial charge in [0.1, 0.15) is 41.9 Å². The van der Waals surface area contributed by atoms with E-state index < -0.39 is 64.1 Å². The zero-order valence-electron chi connectivity index (χ0n) is 25.7. The number of phenolic OH excluding ortho intramolecular Hbond substituents is 1. The molecule has 0 spiro atoms. The van der Waals surface area contributed by atoms with Crippen LogP contribution in [0.25, 0.3) is 0 Å². The Hall–Kier alpha value is -5.04. The zero-order valence-corrected chi connectivity index (χ0v) is 26.5. The summed E-state index contributed by atoms with van der Waals surface area (Å²) in [6, 6.07) is 17.9. The third kappa shape index (κ3) is 6.22. The van der Waals surface area contributed by atoms with Crippen LogP contribution in [0.5, 0.6) is 5.75 Å². The van der Waals surface area contributed by atoms with E-state index in [1.807, 2.05) is 54.6 Å². The van der Waals surface area contributed by atoms with Crippen molar-refractivity contribution in [1.82, 2.24) is 20.4 Å². The van der Waals surface area contributed by atoms with Crippen molar-refractivity contribution in [2.24, 2.45) is 0 Å². The third-order valence-electron chi connectivity index (χ3n) is 8.74. The second-order valence-electron chi connectivity index (χ2n) is 12.3. The SMILES string of the molecule is CC1(C)S[C@@H]2C(NC(=O)C(NC(=O)C3Cc4ccccc4CN3C(=O)OCc3ccccc3)c3ccc(O)cc3)C(=O)N2[C@H]1C(=O)O. The van der Waals surface area contributed by atoms with Crippen LogP contribution in [0.15, 0.2) is 78.9 Å². The Bertz CT molecular complexity index is 1720. The molecule has 2 saturated heterocycles. The number of nitrogens with zero attached hydrogens (tertiary/aromatic N) is 2. The number of β-lactam (4-membered cyclic amide) rings is 1. The number of fused-ring (bicyclic) bond motifs is 2. The minimum Gasteiger partial charge on any atom is -0.508 e. The van der Waals surface area contributed by atoms with E-state index in [4.69, 9.17) is 4.74 Å². The molecule has 47 heavy (non-hydrogen) atoms. The lowest BCUT2D eigenvalue weighted by Crippen LogP contribution is -2.71. The molecule has 0 aliphatic carbocycles. The van der Waals surface area contributed by atoms with Crippen LogP contribution in [-0.4, -0.2) is 78.0 Å². The molecule has 12 nitrogen and oxygen atoms in total. The molecule has 0 radical (unpaired) electrons. The molecule has 0 bridgehead atoms. The number of aromatic hydroxyl groups is 1. The van der Waals surface area contributed by atoms with Crippen molar-refractivity contribution in [3.05, 3.63) is 101 Å². The van der Waals surface area contributed by atoms with Gasteiger partial charge >= 0.3 is 12.1 Å². The largest absolute Gasteiger partial charge is 0.508 e. The number of carbonyl (C=O) groups is 5. The van der Waals surface area contributed by atoms with Crippen molar-refractivity contribution in [2.45, 2.75) is 67.7 Å². The number of thioether (sulfide) groups is 1. The molecule has 3 aromatic carbocycles. The lowest BCUT2D eigenvalue weighted by Gasteiger charge is -2.44. The van der Waals surface area contributed by atoms with Crippen molar-refractivity contribution in [1.29, 1.82) is 0 Å². The maximum Gasteiger partial charge on any atom is 0.411 e. The van der Waals surface area contributed by atoms with E-state index in [2.05, 4.69) is 10.6 Å². The fraction of sp³-hybridized carbons (Fsp3) is 0.324. The molecule has 4 amide bonds. The summed E-state index contributed by atoms with van der Waals surface area (Å²) in [6.45, 7) is 3.60. The first-order valence-corrected chi connectivity index (χ1v) is 16.0. The molecular weight excluding hydrogens is 624 g/mol. The Labute approximate surface area is 275 Å². The standard InChI is InChI=1S/C34H34N4O8S/c1-34(2)27(32(43)44)38-30(42)26(31(38)47-34)36-29(41)25(20-12-14-23(39)15-13-20)35-28(40)24-16-21-10-6-7-11-22(21)17-37(24)33(45)46-18-19-8-4-3-5-9-19/h3-15,24-27,31,39H,16-18H2,1-2H3,(H,35,40)(H,36,41)(H,43,44)/t24?,25?,26?,27-,31+/m0/s1. The monoisotopic (exact) mass is 658 g/mol. The van der Waals surface area contributed by atoms with Gasteiger partial charge in [0.25, 0.3) is 0 Å². The van der Waals surface area contributed by atoms with E-state index in [0.29, 0.717) is 5.56 Å². The van der Waals surface area contributed by atoms with E-state index in [-0.39, 0.29) is 25.3 Å². The van der Waals surface area contributed by atoms with Crippen molar-refractivity contribution in [3.8, 4) is 5.75 Å². The minimum absolute atomic E-state index is 0.00977. The molecule has 6 rings (SSSR count). The van der Waals surface area contributed by atoms with Crippen molar-refractivity contribution >= 4 is 41.5 Å². The number of carboxylic acid groups (broad SMARTS) is 1. The Kier molecular flexibility index (Phi) is 8.58. The molecule has 244 valence electrons. The Morgan fingerprint density at radius 1 is 0.979 bits per heavy atom. The van der Waals surface area contributed by atoms with Crippen molar-refractivity contribution in [3.63, 3.8) is 0 Å². The summed E-state index contributed by atoms with van der Waals surface area (Å²) in [5.41, 5.74) is 2.85. The average Bonchev–Trinajstić information content (AvgIpc) is 3.32. The van der Waals surface area contributed by atoms with E-state index in [1.54, 1.807) is 13.8 Å². The second kappa shape index (κ2) is 12.6. The van der Waals surface area contributed by atoms with Crippen LogP contribution in [0.4, 0.5) is 4.79 Å². The highest BCUT2D eigenvalue weighted by Gasteiger charge is 2.64. The van der Waals surface area contributed by atoms with E-state index in [9.17, 15) is 34.2 Å². The van der Waals surface area contributed by atoms with Gasteiger partial charge in [0.05, 0.1) is 6.54 Å². The summed E-state index contributed by atoms with van der Waals surface area (Å²) >= 11 is 1.28. The number of ether oxygens (including phenoxy) is 1. The van der Waals surface area contributed by atoms with Gasteiger partial charge in [-0.15, -0.1) is 11.8 Å². The molecule has 4 N–H and O–H groups in total. The molecule has 3 aromatic rings. The molecule has 13 heteroatoms. The van der Waals surface area contributed by atoms with Gasteiger partial charge in [-0.2, -0.15) is 0 Å². The fourth-order valence-electron chi connectivity index (χ4n) is 6.34. The van der Waals surface area contributed by atoms with E-state index >= 15 is 0 Å². The molecule has 0 aromatic heterocycles. The second-order valence-corrected chi connectivity index (χ2v) is 14.0. The topological polar surface area (TPSA) is 166 Å². The van der Waals surface area contributed by atoms with Crippen LogP contribution in [0.2, 0.25) is 0 Å². The molecule has 3 heterocycles. The van der Waals surface area contributed by atoms with Crippen LogP contribution in [0, 0.1) is 0 Å². The number of hydrogen-bond donors (Lipinski definition) is 4. The van der Waals surface area contributed by atoms with Crippen LogP contribution < -0.4 is 10.6 Å². The molecule has 5 atom stereocenters. The first kappa shape index (κ1) is 31.9. The number of nitrogens with one attached hydrogen (secondary N) is 2. The summed E-state index contributed by atoms with van der Waals surface area (Å²) in [5, 5.41) is 24.5. The van der Waals surface area contributed by atoms with Gasteiger partial charge in [-0.25, -0.2) is 9.59 Å². The van der Waals surface area contributed by atoms with Gasteiger partial charge in [0, 0.05) is 11.2 Å². The minimum atomic E-state index is -1.31. The quantitative estimate of drug-likeness (QED) is 0.266. The number of rotatable bonds is 8. The molecule has 3 unspecified atom stereocenters. The normalized spacial score (nSPS) is 23.1. The van der Waals surface area contributed by atoms with Crippen LogP contribution in [-0.2, 0) is 43.5 Å². The maximum atomic E-state index is 14.0. The lowest BCUT2D eigenvalue weighted by molar-refractivity contribution is -0.161. The fourth-order valence-corrected chi connectivity index (χ4v) is 7.96. The predicted molar refractivity (Wildman–Crippen MR) is 171 cm³/mol. The van der Waals surface area contributed by atoms with E-state index in [0.717, 1.165) is 16.7 Å². The number of hydrogen-bond acceptors (Lipinski definition) is 8. The number of benzene rings is 3. The Morgan fingerprint density at radius 2 is 1.64 bits per heavy atom. The number of aliphatic carboxylic acids is 1. The summed E-state index contributed by atoms with van der Waals surface area (Å²) in [4.78, 5) is 68.9. The van der Waals surface area contributed by atoms with Gasteiger partial charge in [-0.3, -0.25) is 19.3 Å². The Morgan fingerprint density at radius 3 is 2.32 bits per heavy atom. The predicted octanol–water partition coefficient (Wildman–Crippen LogP) is 2.94. The van der Waals surface area contributed by atoms with Crippen LogP contribution in [0.1, 0.15) is 42.1 Å². The van der Waals surface area contributed by atoms with Crippen molar-refractivity contribution < 1.29 is 38.9 Å². The van der Waals surface area contributed by atoms with E-state index in [1.165, 1.54) is 45.8 Å². The number of carboxylic acids is 1. The number of amides is 4. The number of carbonyl (C=O) groups excluding carboxylic acids is 4. The summed E-state index contributed by atoms with van der Waals surface area (Å²) in [5.74, 6) is -3.02. The molecular formula is C34H34N4O8S. The zero-order chi connectivity index (χ0) is 33.5. The van der Waals surface area contributed by atoms with Gasteiger partial charge in [-0.05, 0) is 48.2 Å². The summed E-state index contributed by atoms with van der Waals surface area (Å²) in [6.07, 6.45) is -0.518. The highest BCUT2D eigenvalue weighted by atomic mass is 32.2. The highest BCUT2D eigenvalue weighted by Crippen LogP contribution is 2.50. The molecule has 0 saturated carbocycles. The van der Waals surface area contributed by atoms with Gasteiger partial charge < -0.3 is 30.5 Å². The molecule has 3 aliphatic rings. The number of phenols is 1. The Balaban J connectivity index is 1.23. The molecule has 3 aliphatic heterocycles. The average molecular weight is 659 g/mol. The van der Waals surface area contributed by atoms with Gasteiger partial charge in [-0.1, -0.05) is 66.7 Å². The van der Waals surface area contributed by atoms with Crippen molar-refractivity contribution in [2.75, 3.05) is 0 Å². The third-order valence-corrected chi connectivity index (χ3v) is 10.3. The summed E-state index contributed by atoms with van der Waals surface area (Å²) < 4.78 is 4.81. The van der Waals surface area contributed by atoms with Crippen LogP contribution in [0.3, 0.4) is 0 Å². The van der Waals surface area contributed by atoms with Crippen LogP contribution >= 0.6 is 11.8 Å². The highest BCUT2D eigenvalue weighted by molar-refractivity contribution is 8.01. The smallest absolute Gasteiger partial charge is 0.411 e. The van der Waals surface area contributed by atoms with Gasteiger partial charge in [0.2, 0.25) is 17.7 Å². The summed E-state index contributed by atoms with van der Waals surface area (Å²) in [7, 11) is 0. The molecule has 2 fully saturated rings. The lowest BCUT2D eigenvalue weighted by atomic mass is 9.93. The first-order valence-electron chi connectivity index (χ1n) is 15.1. The van der Waals surface area contributed by atoms with Gasteiger partial charge in [0.15, 0.2) is 0 Å². The maximum absolute atomic E-state index is 14.0. The first-order chi connectivity index (χ1) is 22.4.